The van der Waals surface area contributed by atoms with Crippen molar-refractivity contribution in [2.45, 2.75) is 19.4 Å². The summed E-state index contributed by atoms with van der Waals surface area (Å²) in [4.78, 5) is 0. The van der Waals surface area contributed by atoms with Crippen LogP contribution in [0.2, 0.25) is 0 Å². The Morgan fingerprint density at radius 1 is 1.36 bits per heavy atom. The van der Waals surface area contributed by atoms with Crippen molar-refractivity contribution in [1.29, 1.82) is 0 Å². The van der Waals surface area contributed by atoms with Gasteiger partial charge in [-0.25, -0.2) is 0 Å². The number of aliphatic hydroxyl groups excluding tert-OH is 1. The van der Waals surface area contributed by atoms with Gasteiger partial charge in [-0.2, -0.15) is 0 Å². The van der Waals surface area contributed by atoms with Gasteiger partial charge in [0.15, 0.2) is 0 Å². The number of benzene rings is 1. The van der Waals surface area contributed by atoms with Crippen LogP contribution in [0.3, 0.4) is 0 Å². The molecule has 0 amide bonds. The third kappa shape index (κ3) is 3.77. The van der Waals surface area contributed by atoms with E-state index in [1.165, 1.54) is 5.56 Å². The van der Waals surface area contributed by atoms with Crippen molar-refractivity contribution < 1.29 is 5.11 Å². The molecule has 14 heavy (non-hydrogen) atoms. The molecule has 0 aliphatic carbocycles. The highest BCUT2D eigenvalue weighted by atomic mass is 16.3. The fourth-order valence-electron chi connectivity index (χ4n) is 1.20. The van der Waals surface area contributed by atoms with E-state index in [1.807, 2.05) is 31.2 Å². The second-order valence-corrected chi connectivity index (χ2v) is 3.48. The quantitative estimate of drug-likeness (QED) is 0.658. The molecule has 0 heterocycles. The first-order valence-electron chi connectivity index (χ1n) is 4.91. The molecule has 0 saturated heterocycles. The number of rotatable bonds is 5. The van der Waals surface area contributed by atoms with Crippen LogP contribution in [-0.2, 0) is 0 Å². The molecule has 0 aliphatic heterocycles. The first kappa shape index (κ1) is 11.0. The number of nitrogens with one attached hydrogen (secondary N) is 1. The van der Waals surface area contributed by atoms with Crippen molar-refractivity contribution in [1.82, 2.24) is 0 Å². The van der Waals surface area contributed by atoms with Gasteiger partial charge >= 0.3 is 0 Å². The van der Waals surface area contributed by atoms with Gasteiger partial charge in [-0.15, -0.1) is 0 Å². The Balaban J connectivity index is 2.34. The third-order valence-corrected chi connectivity index (χ3v) is 2.09. The zero-order chi connectivity index (χ0) is 10.4. The molecule has 1 aromatic rings. The summed E-state index contributed by atoms with van der Waals surface area (Å²) in [5.74, 6) is 0. The van der Waals surface area contributed by atoms with Gasteiger partial charge in [-0.1, -0.05) is 17.7 Å². The van der Waals surface area contributed by atoms with Crippen LogP contribution >= 0.6 is 0 Å². The smallest absolute Gasteiger partial charge is 0.0724 e. The summed E-state index contributed by atoms with van der Waals surface area (Å²) in [5, 5.41) is 12.6. The maximum atomic E-state index is 9.42. The van der Waals surface area contributed by atoms with Crippen LogP contribution in [0.25, 0.3) is 0 Å². The summed E-state index contributed by atoms with van der Waals surface area (Å²) in [6.07, 6.45) is 0.278. The van der Waals surface area contributed by atoms with Gasteiger partial charge in [0.25, 0.3) is 0 Å². The minimum Gasteiger partial charge on any atom is -0.391 e. The average Bonchev–Trinajstić information content (AvgIpc) is 2.17. The molecule has 4 N–H and O–H groups in total. The molecule has 0 aliphatic rings. The zero-order valence-electron chi connectivity index (χ0n) is 8.53. The SMILES string of the molecule is Cc1ccc(NCC(O)CCN)cc1. The Labute approximate surface area is 84.9 Å². The van der Waals surface area contributed by atoms with Crippen LogP contribution in [0.4, 0.5) is 5.69 Å². The predicted molar refractivity (Wildman–Crippen MR) is 59.3 cm³/mol. The van der Waals surface area contributed by atoms with E-state index in [-0.39, 0.29) is 6.10 Å². The van der Waals surface area contributed by atoms with Crippen LogP contribution in [-0.4, -0.2) is 24.3 Å². The molecular formula is C11H18N2O. The molecule has 1 aromatic carbocycles. The molecule has 0 radical (unpaired) electrons. The lowest BCUT2D eigenvalue weighted by Gasteiger charge is -2.11. The minimum atomic E-state index is -0.360. The maximum Gasteiger partial charge on any atom is 0.0724 e. The zero-order valence-corrected chi connectivity index (χ0v) is 8.53. The Morgan fingerprint density at radius 2 is 2.00 bits per heavy atom. The van der Waals surface area contributed by atoms with Crippen LogP contribution in [0.15, 0.2) is 24.3 Å². The highest BCUT2D eigenvalue weighted by molar-refractivity contribution is 5.44. The summed E-state index contributed by atoms with van der Waals surface area (Å²) < 4.78 is 0. The Hall–Kier alpha value is -1.06. The van der Waals surface area contributed by atoms with E-state index in [4.69, 9.17) is 5.73 Å². The molecule has 0 aromatic heterocycles. The van der Waals surface area contributed by atoms with Gasteiger partial charge in [0, 0.05) is 12.2 Å². The molecule has 0 fully saturated rings. The van der Waals surface area contributed by atoms with Crippen LogP contribution in [0.5, 0.6) is 0 Å². The third-order valence-electron chi connectivity index (χ3n) is 2.09. The molecule has 0 saturated carbocycles. The molecular weight excluding hydrogens is 176 g/mol. The van der Waals surface area contributed by atoms with Crippen molar-refractivity contribution in [2.75, 3.05) is 18.4 Å². The molecule has 0 spiro atoms. The van der Waals surface area contributed by atoms with Crippen LogP contribution in [0.1, 0.15) is 12.0 Å². The van der Waals surface area contributed by atoms with Crippen molar-refractivity contribution in [3.8, 4) is 0 Å². The maximum absolute atomic E-state index is 9.42. The molecule has 0 bridgehead atoms. The van der Waals surface area contributed by atoms with Gasteiger partial charge in [-0.3, -0.25) is 0 Å². The largest absolute Gasteiger partial charge is 0.391 e. The number of hydrogen-bond donors (Lipinski definition) is 3. The number of hydrogen-bond acceptors (Lipinski definition) is 3. The van der Waals surface area contributed by atoms with Gasteiger partial charge in [0.1, 0.15) is 0 Å². The van der Waals surface area contributed by atoms with E-state index in [1.54, 1.807) is 0 Å². The van der Waals surface area contributed by atoms with Crippen molar-refractivity contribution >= 4 is 5.69 Å². The number of nitrogens with two attached hydrogens (primary N) is 1. The molecule has 1 unspecified atom stereocenters. The molecule has 78 valence electrons. The minimum absolute atomic E-state index is 0.360. The summed E-state index contributed by atoms with van der Waals surface area (Å²) in [5.41, 5.74) is 7.60. The first-order chi connectivity index (χ1) is 6.72. The summed E-state index contributed by atoms with van der Waals surface area (Å²) in [6, 6.07) is 8.09. The van der Waals surface area contributed by atoms with Gasteiger partial charge in [0.05, 0.1) is 6.10 Å². The normalized spacial score (nSPS) is 12.5. The second-order valence-electron chi connectivity index (χ2n) is 3.48. The van der Waals surface area contributed by atoms with E-state index in [9.17, 15) is 5.11 Å². The molecule has 3 heteroatoms. The lowest BCUT2D eigenvalue weighted by atomic mass is 10.2. The van der Waals surface area contributed by atoms with E-state index in [0.29, 0.717) is 19.5 Å². The summed E-state index contributed by atoms with van der Waals surface area (Å²) in [6.45, 7) is 3.13. The Morgan fingerprint density at radius 3 is 2.57 bits per heavy atom. The number of aliphatic hydroxyl groups is 1. The van der Waals surface area contributed by atoms with Crippen LogP contribution < -0.4 is 11.1 Å². The van der Waals surface area contributed by atoms with Gasteiger partial charge in [-0.05, 0) is 32.0 Å². The summed E-state index contributed by atoms with van der Waals surface area (Å²) >= 11 is 0. The fourth-order valence-corrected chi connectivity index (χ4v) is 1.20. The molecule has 1 atom stereocenters. The topological polar surface area (TPSA) is 58.3 Å². The monoisotopic (exact) mass is 194 g/mol. The van der Waals surface area contributed by atoms with E-state index < -0.39 is 0 Å². The predicted octanol–water partition coefficient (Wildman–Crippen LogP) is 1.12. The molecule has 3 nitrogen and oxygen atoms in total. The fraction of sp³-hybridized carbons (Fsp3) is 0.455. The lowest BCUT2D eigenvalue weighted by Crippen LogP contribution is -2.22. The first-order valence-corrected chi connectivity index (χ1v) is 4.91. The van der Waals surface area contributed by atoms with Crippen LogP contribution in [0, 0.1) is 6.92 Å². The van der Waals surface area contributed by atoms with Crippen molar-refractivity contribution in [3.05, 3.63) is 29.8 Å². The highest BCUT2D eigenvalue weighted by Gasteiger charge is 2.01. The Bertz CT molecular complexity index is 258. The molecule has 1 rings (SSSR count). The van der Waals surface area contributed by atoms with E-state index in [2.05, 4.69) is 5.32 Å². The second kappa shape index (κ2) is 5.62. The number of aryl methyl sites for hydroxylation is 1. The highest BCUT2D eigenvalue weighted by Crippen LogP contribution is 2.08. The van der Waals surface area contributed by atoms with E-state index in [0.717, 1.165) is 5.69 Å². The van der Waals surface area contributed by atoms with Gasteiger partial charge < -0.3 is 16.2 Å². The standard InChI is InChI=1S/C11H18N2O/c1-9-2-4-10(5-3-9)13-8-11(14)6-7-12/h2-5,11,13-14H,6-8,12H2,1H3. The lowest BCUT2D eigenvalue weighted by molar-refractivity contribution is 0.180. The van der Waals surface area contributed by atoms with E-state index >= 15 is 0 Å². The summed E-state index contributed by atoms with van der Waals surface area (Å²) in [7, 11) is 0. The number of anilines is 1. The van der Waals surface area contributed by atoms with Crippen molar-refractivity contribution in [2.24, 2.45) is 5.73 Å². The van der Waals surface area contributed by atoms with Gasteiger partial charge in [0.2, 0.25) is 0 Å². The average molecular weight is 194 g/mol. The van der Waals surface area contributed by atoms with Crippen molar-refractivity contribution in [3.63, 3.8) is 0 Å². The Kier molecular flexibility index (Phi) is 4.43.